The van der Waals surface area contributed by atoms with E-state index in [4.69, 9.17) is 9.47 Å². The van der Waals surface area contributed by atoms with Crippen LogP contribution in [0.1, 0.15) is 5.56 Å². The van der Waals surface area contributed by atoms with E-state index in [9.17, 15) is 4.79 Å². The summed E-state index contributed by atoms with van der Waals surface area (Å²) in [6.07, 6.45) is 4.69. The lowest BCUT2D eigenvalue weighted by molar-refractivity contribution is 0.341. The van der Waals surface area contributed by atoms with Crippen LogP contribution in [-0.4, -0.2) is 18.8 Å². The molecular weight excluding hydrogens is 182 g/mol. The first-order valence-corrected chi connectivity index (χ1v) is 4.13. The Morgan fingerprint density at radius 3 is 2.71 bits per heavy atom. The summed E-state index contributed by atoms with van der Waals surface area (Å²) >= 11 is 0. The molecule has 0 atom stereocenters. The van der Waals surface area contributed by atoms with Crippen LogP contribution in [0.2, 0.25) is 0 Å². The first-order chi connectivity index (χ1) is 6.70. The van der Waals surface area contributed by atoms with Gasteiger partial charge in [-0.1, -0.05) is 0 Å². The normalized spacial score (nSPS) is 10.5. The molecule has 0 N–H and O–H groups in total. The quantitative estimate of drug-likeness (QED) is 0.676. The highest BCUT2D eigenvalue weighted by atomic mass is 16.5. The number of pyridine rings is 1. The van der Waals surface area contributed by atoms with E-state index >= 15 is 0 Å². The molecule has 0 saturated carbocycles. The van der Waals surface area contributed by atoms with Crippen molar-refractivity contribution < 1.29 is 9.47 Å². The lowest BCUT2D eigenvalue weighted by Crippen LogP contribution is -2.18. The maximum atomic E-state index is 11.6. The predicted octanol–water partition coefficient (Wildman–Crippen LogP) is 1.01. The summed E-state index contributed by atoms with van der Waals surface area (Å²) in [7, 11) is 4.74. The van der Waals surface area contributed by atoms with Gasteiger partial charge in [0.15, 0.2) is 0 Å². The van der Waals surface area contributed by atoms with Crippen molar-refractivity contribution in [1.29, 1.82) is 0 Å². The Hall–Kier alpha value is -1.71. The second kappa shape index (κ2) is 4.50. The molecule has 0 bridgehead atoms. The molecular formula is C10H13NO3. The van der Waals surface area contributed by atoms with Crippen molar-refractivity contribution in [1.82, 2.24) is 4.57 Å². The number of nitrogens with zero attached hydrogens (tertiary/aromatic N) is 1. The average Bonchev–Trinajstić information content (AvgIpc) is 2.20. The van der Waals surface area contributed by atoms with Crippen molar-refractivity contribution in [3.63, 3.8) is 0 Å². The van der Waals surface area contributed by atoms with Crippen LogP contribution in [0.3, 0.4) is 0 Å². The number of aryl methyl sites for hydroxylation is 1. The molecule has 0 aromatic carbocycles. The lowest BCUT2D eigenvalue weighted by atomic mass is 10.2. The highest BCUT2D eigenvalue weighted by Gasteiger charge is 2.05. The van der Waals surface area contributed by atoms with Gasteiger partial charge in [0.1, 0.15) is 5.75 Å². The number of hydrogen-bond donors (Lipinski definition) is 0. The number of methoxy groups -OCH3 is 2. The summed E-state index contributed by atoms with van der Waals surface area (Å²) in [6.45, 7) is 0. The standard InChI is InChI=1S/C10H13NO3/c1-11-6-4-9(14-3)8(10(11)12)5-7-13-2/h4-7H,1-3H3/b7-5+. The highest BCUT2D eigenvalue weighted by molar-refractivity contribution is 5.55. The van der Waals surface area contributed by atoms with E-state index in [0.717, 1.165) is 0 Å². The Labute approximate surface area is 82.4 Å². The summed E-state index contributed by atoms with van der Waals surface area (Å²) in [5.41, 5.74) is 0.372. The van der Waals surface area contributed by atoms with Gasteiger partial charge in [-0.2, -0.15) is 0 Å². The molecule has 0 radical (unpaired) electrons. The molecule has 4 heteroatoms. The molecule has 14 heavy (non-hydrogen) atoms. The molecule has 0 unspecified atom stereocenters. The van der Waals surface area contributed by atoms with E-state index in [2.05, 4.69) is 0 Å². The third-order valence-electron chi connectivity index (χ3n) is 1.86. The van der Waals surface area contributed by atoms with Crippen LogP contribution >= 0.6 is 0 Å². The van der Waals surface area contributed by atoms with Crippen LogP contribution < -0.4 is 10.3 Å². The molecule has 1 heterocycles. The van der Waals surface area contributed by atoms with Crippen LogP contribution in [0.5, 0.6) is 5.75 Å². The molecule has 0 saturated heterocycles. The number of hydrogen-bond acceptors (Lipinski definition) is 3. The minimum atomic E-state index is -0.113. The Morgan fingerprint density at radius 2 is 2.14 bits per heavy atom. The Balaban J connectivity index is 3.28. The van der Waals surface area contributed by atoms with Gasteiger partial charge in [-0.15, -0.1) is 0 Å². The second-order valence-corrected chi connectivity index (χ2v) is 2.75. The van der Waals surface area contributed by atoms with Gasteiger partial charge in [0.25, 0.3) is 5.56 Å². The van der Waals surface area contributed by atoms with Gasteiger partial charge >= 0.3 is 0 Å². The van der Waals surface area contributed by atoms with Gasteiger partial charge in [-0.25, -0.2) is 0 Å². The van der Waals surface area contributed by atoms with Crippen molar-refractivity contribution in [3.05, 3.63) is 34.4 Å². The Morgan fingerprint density at radius 1 is 1.43 bits per heavy atom. The summed E-state index contributed by atoms with van der Waals surface area (Å²) in [6, 6.07) is 1.73. The van der Waals surface area contributed by atoms with Crippen molar-refractivity contribution in [2.24, 2.45) is 7.05 Å². The first kappa shape index (κ1) is 10.4. The highest BCUT2D eigenvalue weighted by Crippen LogP contribution is 2.14. The van der Waals surface area contributed by atoms with Gasteiger partial charge in [0, 0.05) is 13.2 Å². The van der Waals surface area contributed by atoms with Crippen LogP contribution in [0.25, 0.3) is 6.08 Å². The Kier molecular flexibility index (Phi) is 3.34. The van der Waals surface area contributed by atoms with Gasteiger partial charge in [0.05, 0.1) is 26.0 Å². The number of ether oxygens (including phenoxy) is 2. The molecule has 0 aliphatic carbocycles. The molecule has 0 aliphatic heterocycles. The molecule has 0 aliphatic rings. The molecule has 0 amide bonds. The van der Waals surface area contributed by atoms with Gasteiger partial charge < -0.3 is 14.0 Å². The summed E-state index contributed by atoms with van der Waals surface area (Å²) in [5.74, 6) is 0.543. The fourth-order valence-corrected chi connectivity index (χ4v) is 1.10. The van der Waals surface area contributed by atoms with Gasteiger partial charge in [-0.05, 0) is 12.1 Å². The van der Waals surface area contributed by atoms with E-state index in [-0.39, 0.29) is 5.56 Å². The van der Waals surface area contributed by atoms with E-state index in [1.54, 1.807) is 25.4 Å². The average molecular weight is 195 g/mol. The number of aromatic nitrogens is 1. The van der Waals surface area contributed by atoms with Crippen molar-refractivity contribution >= 4 is 6.08 Å². The van der Waals surface area contributed by atoms with Crippen LogP contribution in [-0.2, 0) is 11.8 Å². The summed E-state index contributed by atoms with van der Waals surface area (Å²) in [5, 5.41) is 0. The fraction of sp³-hybridized carbons (Fsp3) is 0.300. The summed E-state index contributed by atoms with van der Waals surface area (Å²) < 4.78 is 11.3. The van der Waals surface area contributed by atoms with E-state index in [1.165, 1.54) is 25.0 Å². The second-order valence-electron chi connectivity index (χ2n) is 2.75. The van der Waals surface area contributed by atoms with Gasteiger partial charge in [-0.3, -0.25) is 4.79 Å². The maximum Gasteiger partial charge on any atom is 0.261 e. The van der Waals surface area contributed by atoms with Crippen LogP contribution in [0.4, 0.5) is 0 Å². The molecule has 1 aromatic heterocycles. The first-order valence-electron chi connectivity index (χ1n) is 4.13. The molecule has 0 fully saturated rings. The third kappa shape index (κ3) is 1.96. The Bertz CT molecular complexity index is 393. The largest absolute Gasteiger partial charge is 0.504 e. The number of rotatable bonds is 3. The molecule has 4 nitrogen and oxygen atoms in total. The lowest BCUT2D eigenvalue weighted by Gasteiger charge is -2.05. The van der Waals surface area contributed by atoms with Crippen LogP contribution in [0, 0.1) is 0 Å². The topological polar surface area (TPSA) is 40.5 Å². The molecule has 0 spiro atoms. The van der Waals surface area contributed by atoms with Crippen molar-refractivity contribution in [3.8, 4) is 5.75 Å². The molecule has 1 rings (SSSR count). The zero-order valence-electron chi connectivity index (χ0n) is 8.48. The smallest absolute Gasteiger partial charge is 0.261 e. The van der Waals surface area contributed by atoms with E-state index in [1.807, 2.05) is 0 Å². The minimum absolute atomic E-state index is 0.113. The predicted molar refractivity (Wildman–Crippen MR) is 54.3 cm³/mol. The zero-order chi connectivity index (χ0) is 10.6. The van der Waals surface area contributed by atoms with Crippen LogP contribution in [0.15, 0.2) is 23.3 Å². The molecule has 76 valence electrons. The van der Waals surface area contributed by atoms with Gasteiger partial charge in [0.2, 0.25) is 0 Å². The summed E-state index contributed by atoms with van der Waals surface area (Å²) in [4.78, 5) is 11.6. The SMILES string of the molecule is CO/C=C/c1c(OC)ccn(C)c1=O. The van der Waals surface area contributed by atoms with Crippen molar-refractivity contribution in [2.45, 2.75) is 0 Å². The van der Waals surface area contributed by atoms with Crippen molar-refractivity contribution in [2.75, 3.05) is 14.2 Å². The molecule has 1 aromatic rings. The zero-order valence-corrected chi connectivity index (χ0v) is 8.48. The fourth-order valence-electron chi connectivity index (χ4n) is 1.10. The third-order valence-corrected chi connectivity index (χ3v) is 1.86. The monoisotopic (exact) mass is 195 g/mol. The minimum Gasteiger partial charge on any atom is -0.504 e. The van der Waals surface area contributed by atoms with E-state index < -0.39 is 0 Å². The maximum absolute atomic E-state index is 11.6. The van der Waals surface area contributed by atoms with E-state index in [0.29, 0.717) is 11.3 Å².